The molecule has 0 spiro atoms. The van der Waals surface area contributed by atoms with Gasteiger partial charge in [-0.1, -0.05) is 6.07 Å². The lowest BCUT2D eigenvalue weighted by Crippen LogP contribution is -2.47. The van der Waals surface area contributed by atoms with Gasteiger partial charge in [0, 0.05) is 13.6 Å². The van der Waals surface area contributed by atoms with Gasteiger partial charge in [0.1, 0.15) is 13.2 Å². The summed E-state index contributed by atoms with van der Waals surface area (Å²) in [5.74, 6) is 3.47. The Kier molecular flexibility index (Phi) is 5.11. The van der Waals surface area contributed by atoms with E-state index >= 15 is 0 Å². The summed E-state index contributed by atoms with van der Waals surface area (Å²) in [7, 11) is 1.73. The first kappa shape index (κ1) is 19.7. The van der Waals surface area contributed by atoms with Gasteiger partial charge in [0.25, 0.3) is 5.91 Å². The number of nitrogens with zero attached hydrogens (tertiary/aromatic N) is 1. The van der Waals surface area contributed by atoms with E-state index in [4.69, 9.17) is 14.2 Å². The summed E-state index contributed by atoms with van der Waals surface area (Å²) in [4.78, 5) is 26.6. The average molecular weight is 414 g/mol. The molecule has 0 atom stereocenters. The van der Waals surface area contributed by atoms with Crippen LogP contribution < -0.4 is 9.47 Å². The Morgan fingerprint density at radius 3 is 2.33 bits per heavy atom. The summed E-state index contributed by atoms with van der Waals surface area (Å²) in [6.07, 6.45) is 8.08. The minimum atomic E-state index is -0.210. The van der Waals surface area contributed by atoms with Crippen molar-refractivity contribution >= 4 is 11.9 Å². The lowest BCUT2D eigenvalue weighted by atomic mass is 9.49. The third-order valence-electron chi connectivity index (χ3n) is 7.49. The van der Waals surface area contributed by atoms with Gasteiger partial charge in [-0.05, 0) is 79.4 Å². The number of hydrogen-bond acceptors (Lipinski definition) is 5. The second-order valence-corrected chi connectivity index (χ2v) is 9.98. The van der Waals surface area contributed by atoms with Crippen LogP contribution in [0.1, 0.15) is 50.5 Å². The van der Waals surface area contributed by atoms with Crippen molar-refractivity contribution in [2.75, 3.05) is 26.9 Å². The predicted octanol–water partition coefficient (Wildman–Crippen LogP) is 3.57. The quantitative estimate of drug-likeness (QED) is 0.667. The van der Waals surface area contributed by atoms with E-state index in [2.05, 4.69) is 0 Å². The van der Waals surface area contributed by atoms with Crippen LogP contribution in [0.4, 0.5) is 0 Å². The second kappa shape index (κ2) is 7.78. The minimum absolute atomic E-state index is 0.145. The highest BCUT2D eigenvalue weighted by molar-refractivity contribution is 5.80. The molecule has 6 heteroatoms. The molecule has 4 aliphatic carbocycles. The standard InChI is InChI=1S/C24H31NO5/c1-25(14-16-2-3-20-21(9-16)29-5-4-28-20)22(26)15-30-23(27)13-24-10-17-6-18(11-24)8-19(7-17)12-24/h2-3,9,17-19H,4-8,10-15H2,1H3. The van der Waals surface area contributed by atoms with Crippen LogP contribution in [0, 0.1) is 23.2 Å². The molecule has 0 aromatic heterocycles. The van der Waals surface area contributed by atoms with Crippen LogP contribution in [0.15, 0.2) is 18.2 Å². The number of benzene rings is 1. The smallest absolute Gasteiger partial charge is 0.306 e. The third kappa shape index (κ3) is 4.01. The van der Waals surface area contributed by atoms with Gasteiger partial charge in [0.2, 0.25) is 0 Å². The zero-order valence-corrected chi connectivity index (χ0v) is 17.7. The zero-order valence-electron chi connectivity index (χ0n) is 17.7. The molecule has 6 nitrogen and oxygen atoms in total. The first-order valence-electron chi connectivity index (χ1n) is 11.3. The van der Waals surface area contributed by atoms with Crippen LogP contribution in [0.25, 0.3) is 0 Å². The number of fused-ring (bicyclic) bond motifs is 1. The van der Waals surface area contributed by atoms with E-state index in [1.165, 1.54) is 38.5 Å². The van der Waals surface area contributed by atoms with Gasteiger partial charge in [0.05, 0.1) is 6.42 Å². The van der Waals surface area contributed by atoms with Crippen molar-refractivity contribution in [1.82, 2.24) is 4.90 Å². The molecule has 1 heterocycles. The Morgan fingerprint density at radius 1 is 1.03 bits per heavy atom. The van der Waals surface area contributed by atoms with E-state index in [1.807, 2.05) is 18.2 Å². The second-order valence-electron chi connectivity index (χ2n) is 9.98. The van der Waals surface area contributed by atoms with Crippen molar-refractivity contribution in [3.63, 3.8) is 0 Å². The van der Waals surface area contributed by atoms with E-state index in [0.717, 1.165) is 29.1 Å². The van der Waals surface area contributed by atoms with Crippen LogP contribution in [0.2, 0.25) is 0 Å². The van der Waals surface area contributed by atoms with Gasteiger partial charge in [-0.25, -0.2) is 0 Å². The summed E-state index contributed by atoms with van der Waals surface area (Å²) in [6, 6.07) is 5.70. The van der Waals surface area contributed by atoms with Crippen LogP contribution in [-0.4, -0.2) is 43.6 Å². The number of ether oxygens (including phenoxy) is 3. The maximum Gasteiger partial charge on any atom is 0.306 e. The van der Waals surface area contributed by atoms with Crippen LogP contribution in [0.5, 0.6) is 11.5 Å². The Balaban J connectivity index is 1.11. The number of rotatable bonds is 6. The lowest BCUT2D eigenvalue weighted by Gasteiger charge is -2.56. The van der Waals surface area contributed by atoms with Crippen LogP contribution >= 0.6 is 0 Å². The van der Waals surface area contributed by atoms with Gasteiger partial charge in [-0.2, -0.15) is 0 Å². The first-order chi connectivity index (χ1) is 14.5. The van der Waals surface area contributed by atoms with Gasteiger partial charge in [-0.15, -0.1) is 0 Å². The lowest BCUT2D eigenvalue weighted by molar-refractivity contribution is -0.157. The van der Waals surface area contributed by atoms with Crippen molar-refractivity contribution < 1.29 is 23.8 Å². The van der Waals surface area contributed by atoms with E-state index in [1.54, 1.807) is 11.9 Å². The maximum absolute atomic E-state index is 12.6. The topological polar surface area (TPSA) is 65.1 Å². The predicted molar refractivity (Wildman–Crippen MR) is 110 cm³/mol. The molecule has 0 N–H and O–H groups in total. The zero-order chi connectivity index (χ0) is 20.7. The van der Waals surface area contributed by atoms with E-state index in [-0.39, 0.29) is 23.9 Å². The highest BCUT2D eigenvalue weighted by atomic mass is 16.6. The maximum atomic E-state index is 12.6. The average Bonchev–Trinajstić information content (AvgIpc) is 2.70. The molecular weight excluding hydrogens is 382 g/mol. The molecule has 0 radical (unpaired) electrons. The van der Waals surface area contributed by atoms with Crippen molar-refractivity contribution in [2.45, 2.75) is 51.5 Å². The highest BCUT2D eigenvalue weighted by Crippen LogP contribution is 2.61. The number of amides is 1. The van der Waals surface area contributed by atoms with E-state index in [9.17, 15) is 9.59 Å². The molecule has 4 bridgehead atoms. The Labute approximate surface area is 177 Å². The van der Waals surface area contributed by atoms with Gasteiger partial charge in [0.15, 0.2) is 18.1 Å². The minimum Gasteiger partial charge on any atom is -0.486 e. The van der Waals surface area contributed by atoms with Crippen LogP contribution in [0.3, 0.4) is 0 Å². The number of hydrogen-bond donors (Lipinski definition) is 0. The van der Waals surface area contributed by atoms with E-state index < -0.39 is 0 Å². The normalized spacial score (nSPS) is 30.8. The SMILES string of the molecule is CN(Cc1ccc2c(c1)OCCO2)C(=O)COC(=O)CC12CC3CC(CC(C3)C1)C2. The van der Waals surface area contributed by atoms with Crippen molar-refractivity contribution in [3.8, 4) is 11.5 Å². The fourth-order valence-electron chi connectivity index (χ4n) is 6.66. The Morgan fingerprint density at radius 2 is 1.67 bits per heavy atom. The highest BCUT2D eigenvalue weighted by Gasteiger charge is 2.51. The molecule has 1 amide bonds. The third-order valence-corrected chi connectivity index (χ3v) is 7.49. The summed E-state index contributed by atoms with van der Waals surface area (Å²) >= 11 is 0. The summed E-state index contributed by atoms with van der Waals surface area (Å²) in [5.41, 5.74) is 1.10. The van der Waals surface area contributed by atoms with E-state index in [0.29, 0.717) is 31.9 Å². The molecule has 1 aliphatic heterocycles. The molecule has 5 aliphatic rings. The summed E-state index contributed by atoms with van der Waals surface area (Å²) in [5, 5.41) is 0. The molecular formula is C24H31NO5. The summed E-state index contributed by atoms with van der Waals surface area (Å²) in [6.45, 7) is 1.33. The molecule has 6 rings (SSSR count). The van der Waals surface area contributed by atoms with Crippen LogP contribution in [-0.2, 0) is 20.9 Å². The molecule has 1 aromatic carbocycles. The molecule has 30 heavy (non-hydrogen) atoms. The molecule has 0 unspecified atom stereocenters. The molecule has 4 fully saturated rings. The van der Waals surface area contributed by atoms with Gasteiger partial charge < -0.3 is 19.1 Å². The molecule has 4 saturated carbocycles. The monoisotopic (exact) mass is 413 g/mol. The number of carbonyl (C=O) groups excluding carboxylic acids is 2. The first-order valence-corrected chi connectivity index (χ1v) is 11.3. The molecule has 162 valence electrons. The number of likely N-dealkylation sites (N-methyl/N-ethyl adjacent to an activating group) is 1. The van der Waals surface area contributed by atoms with Crippen molar-refractivity contribution in [1.29, 1.82) is 0 Å². The van der Waals surface area contributed by atoms with Crippen molar-refractivity contribution in [2.24, 2.45) is 23.2 Å². The molecule has 1 aromatic rings. The largest absolute Gasteiger partial charge is 0.486 e. The Bertz CT molecular complexity index is 800. The fraction of sp³-hybridized carbons (Fsp3) is 0.667. The number of esters is 1. The van der Waals surface area contributed by atoms with Crippen molar-refractivity contribution in [3.05, 3.63) is 23.8 Å². The molecule has 0 saturated heterocycles. The Hall–Kier alpha value is -2.24. The van der Waals surface area contributed by atoms with Gasteiger partial charge in [-0.3, -0.25) is 9.59 Å². The fourth-order valence-corrected chi connectivity index (χ4v) is 6.66. The number of carbonyl (C=O) groups is 2. The van der Waals surface area contributed by atoms with Gasteiger partial charge >= 0.3 is 5.97 Å². The summed E-state index contributed by atoms with van der Waals surface area (Å²) < 4.78 is 16.6.